The number of carbonyl (C=O) groups excluding carboxylic acids is 1. The number of carbonyl (C=O) groups is 2. The standard InChI is InChI=1S/C32H34Cl2N2O6S/c1-20(2)27(19-35(25-9-4-3-5-10-25)43(40,41)26-15-16-26)36-30(21-11-13-23(33)14-12-21)31(22-7-6-8-24(34)17-22)42-28(32(36)39)18-29(37)38/h3-14,17,20,26-28,30-31H,15-16,18-19H2,1-2H3,(H,37,38)/t27?,28-,30-,31?/m1/s1. The predicted octanol–water partition coefficient (Wildman–Crippen LogP) is 6.50. The third-order valence-corrected chi connectivity index (χ3v) is 10.7. The summed E-state index contributed by atoms with van der Waals surface area (Å²) in [5, 5.41) is 10.2. The molecule has 1 aliphatic carbocycles. The van der Waals surface area contributed by atoms with Crippen molar-refractivity contribution in [3.63, 3.8) is 0 Å². The van der Waals surface area contributed by atoms with E-state index >= 15 is 0 Å². The van der Waals surface area contributed by atoms with Gasteiger partial charge in [0, 0.05) is 10.0 Å². The molecule has 11 heteroatoms. The first-order valence-electron chi connectivity index (χ1n) is 14.2. The molecule has 0 radical (unpaired) electrons. The number of rotatable bonds is 11. The van der Waals surface area contributed by atoms with Gasteiger partial charge in [-0.15, -0.1) is 0 Å². The number of morpholine rings is 1. The van der Waals surface area contributed by atoms with E-state index in [2.05, 4.69) is 0 Å². The SMILES string of the molecule is CC(C)C(CN(c1ccccc1)S(=O)(=O)C1CC1)N1C(=O)[C@@H](CC(=O)O)OC(c2cccc(Cl)c2)[C@H]1c1ccc(Cl)cc1. The molecule has 0 spiro atoms. The zero-order valence-electron chi connectivity index (χ0n) is 23.8. The number of aliphatic carboxylic acids is 1. The lowest BCUT2D eigenvalue weighted by atomic mass is 9.88. The Balaban J connectivity index is 1.67. The van der Waals surface area contributed by atoms with Gasteiger partial charge in [0.15, 0.2) is 0 Å². The van der Waals surface area contributed by atoms with Crippen molar-refractivity contribution in [2.24, 2.45) is 5.92 Å². The first kappa shape index (κ1) is 31.3. The van der Waals surface area contributed by atoms with E-state index in [1.165, 1.54) is 4.31 Å². The average Bonchev–Trinajstić information content (AvgIpc) is 3.82. The minimum atomic E-state index is -3.72. The van der Waals surface area contributed by atoms with Crippen molar-refractivity contribution in [2.75, 3.05) is 10.8 Å². The molecule has 1 aliphatic heterocycles. The summed E-state index contributed by atoms with van der Waals surface area (Å²) < 4.78 is 35.4. The summed E-state index contributed by atoms with van der Waals surface area (Å²) in [6, 6.07) is 21.6. The largest absolute Gasteiger partial charge is 0.481 e. The highest BCUT2D eigenvalue weighted by molar-refractivity contribution is 7.93. The van der Waals surface area contributed by atoms with Gasteiger partial charge >= 0.3 is 5.97 Å². The summed E-state index contributed by atoms with van der Waals surface area (Å²) in [6.45, 7) is 3.85. The highest BCUT2D eigenvalue weighted by Crippen LogP contribution is 2.46. The van der Waals surface area contributed by atoms with E-state index in [0.717, 1.165) is 0 Å². The van der Waals surface area contributed by atoms with E-state index < -0.39 is 57.9 Å². The molecule has 1 heterocycles. The Labute approximate surface area is 262 Å². The van der Waals surface area contributed by atoms with Crippen molar-refractivity contribution < 1.29 is 27.9 Å². The van der Waals surface area contributed by atoms with Gasteiger partial charge in [-0.3, -0.25) is 13.9 Å². The fraction of sp³-hybridized carbons (Fsp3) is 0.375. The molecule has 0 aromatic heterocycles. The molecule has 228 valence electrons. The number of halogens is 2. The van der Waals surface area contributed by atoms with Gasteiger partial charge in [0.2, 0.25) is 10.0 Å². The van der Waals surface area contributed by atoms with E-state index in [-0.39, 0.29) is 12.5 Å². The lowest BCUT2D eigenvalue weighted by Crippen LogP contribution is -2.59. The van der Waals surface area contributed by atoms with Crippen molar-refractivity contribution in [3.8, 4) is 0 Å². The second-order valence-electron chi connectivity index (χ2n) is 11.4. The Morgan fingerprint density at radius 2 is 1.65 bits per heavy atom. The number of carboxylic acid groups (broad SMARTS) is 1. The van der Waals surface area contributed by atoms with Crippen molar-refractivity contribution in [1.29, 1.82) is 0 Å². The van der Waals surface area contributed by atoms with Crippen LogP contribution < -0.4 is 4.31 Å². The molecule has 1 saturated heterocycles. The van der Waals surface area contributed by atoms with Crippen LogP contribution in [0.2, 0.25) is 10.0 Å². The Morgan fingerprint density at radius 1 is 0.977 bits per heavy atom. The van der Waals surface area contributed by atoms with Crippen molar-refractivity contribution in [1.82, 2.24) is 4.90 Å². The zero-order valence-corrected chi connectivity index (χ0v) is 26.2. The fourth-order valence-electron chi connectivity index (χ4n) is 5.65. The maximum atomic E-state index is 14.3. The Hall–Kier alpha value is -3.11. The quantitative estimate of drug-likeness (QED) is 0.255. The number of sulfonamides is 1. The molecule has 8 nitrogen and oxygen atoms in total. The second-order valence-corrected chi connectivity index (χ2v) is 14.4. The molecule has 43 heavy (non-hydrogen) atoms. The van der Waals surface area contributed by atoms with Crippen LogP contribution in [0.1, 0.15) is 56.4 Å². The summed E-state index contributed by atoms with van der Waals surface area (Å²) >= 11 is 12.6. The summed E-state index contributed by atoms with van der Waals surface area (Å²) in [5.41, 5.74) is 1.88. The van der Waals surface area contributed by atoms with Gasteiger partial charge in [0.1, 0.15) is 12.2 Å². The van der Waals surface area contributed by atoms with Crippen LogP contribution in [0.25, 0.3) is 0 Å². The zero-order chi connectivity index (χ0) is 30.9. The number of nitrogens with zero attached hydrogens (tertiary/aromatic N) is 2. The lowest BCUT2D eigenvalue weighted by molar-refractivity contribution is -0.184. The average molecular weight is 646 g/mol. The molecule has 0 bridgehead atoms. The van der Waals surface area contributed by atoms with E-state index in [9.17, 15) is 23.1 Å². The topological polar surface area (TPSA) is 104 Å². The maximum absolute atomic E-state index is 14.3. The third-order valence-electron chi connectivity index (χ3n) is 7.95. The summed E-state index contributed by atoms with van der Waals surface area (Å²) in [5.74, 6) is -1.92. The van der Waals surface area contributed by atoms with E-state index in [4.69, 9.17) is 27.9 Å². The molecule has 1 amide bonds. The molecular formula is C32H34Cl2N2O6S. The summed E-state index contributed by atoms with van der Waals surface area (Å²) in [6.07, 6.45) is -1.48. The van der Waals surface area contributed by atoms with Crippen molar-refractivity contribution in [3.05, 3.63) is 100 Å². The number of hydrogen-bond acceptors (Lipinski definition) is 5. The van der Waals surface area contributed by atoms with Crippen LogP contribution in [0, 0.1) is 5.92 Å². The van der Waals surface area contributed by atoms with E-state index in [1.54, 1.807) is 71.6 Å². The molecular weight excluding hydrogens is 611 g/mol. The number of amides is 1. The second kappa shape index (κ2) is 12.9. The molecule has 3 aromatic rings. The monoisotopic (exact) mass is 644 g/mol. The van der Waals surface area contributed by atoms with Crippen LogP contribution in [0.5, 0.6) is 0 Å². The Bertz CT molecular complexity index is 1560. The lowest BCUT2D eigenvalue weighted by Gasteiger charge is -2.50. The van der Waals surface area contributed by atoms with Gasteiger partial charge in [-0.2, -0.15) is 0 Å². The number of ether oxygens (including phenoxy) is 1. The van der Waals surface area contributed by atoms with Gasteiger partial charge in [0.25, 0.3) is 5.91 Å². The number of para-hydroxylation sites is 1. The molecule has 3 aromatic carbocycles. The number of carboxylic acids is 1. The van der Waals surface area contributed by atoms with Gasteiger partial charge < -0.3 is 14.7 Å². The van der Waals surface area contributed by atoms with Crippen molar-refractivity contribution in [2.45, 2.75) is 62.7 Å². The van der Waals surface area contributed by atoms with Gasteiger partial charge in [-0.1, -0.05) is 79.5 Å². The highest BCUT2D eigenvalue weighted by atomic mass is 35.5. The first-order valence-corrected chi connectivity index (χ1v) is 16.5. The van der Waals surface area contributed by atoms with Crippen LogP contribution in [-0.4, -0.2) is 54.2 Å². The van der Waals surface area contributed by atoms with Crippen LogP contribution in [0.15, 0.2) is 78.9 Å². The predicted molar refractivity (Wildman–Crippen MR) is 167 cm³/mol. The van der Waals surface area contributed by atoms with Gasteiger partial charge in [-0.05, 0) is 66.3 Å². The molecule has 2 unspecified atom stereocenters. The minimum absolute atomic E-state index is 0.0155. The van der Waals surface area contributed by atoms with Crippen LogP contribution in [0.3, 0.4) is 0 Å². The fourth-order valence-corrected chi connectivity index (χ4v) is 7.84. The molecule has 5 rings (SSSR count). The summed E-state index contributed by atoms with van der Waals surface area (Å²) in [4.78, 5) is 27.9. The number of benzene rings is 3. The van der Waals surface area contributed by atoms with E-state index in [0.29, 0.717) is 39.7 Å². The number of hydrogen-bond donors (Lipinski definition) is 1. The van der Waals surface area contributed by atoms with Crippen LogP contribution >= 0.6 is 23.2 Å². The molecule has 1 N–H and O–H groups in total. The van der Waals surface area contributed by atoms with Crippen molar-refractivity contribution >= 4 is 50.8 Å². The van der Waals surface area contributed by atoms with Gasteiger partial charge in [-0.25, -0.2) is 8.42 Å². The molecule has 4 atom stereocenters. The summed E-state index contributed by atoms with van der Waals surface area (Å²) in [7, 11) is -3.72. The van der Waals surface area contributed by atoms with Crippen LogP contribution in [-0.2, 0) is 24.3 Å². The van der Waals surface area contributed by atoms with Crippen LogP contribution in [0.4, 0.5) is 5.69 Å². The maximum Gasteiger partial charge on any atom is 0.306 e. The Morgan fingerprint density at radius 3 is 2.23 bits per heavy atom. The smallest absolute Gasteiger partial charge is 0.306 e. The molecule has 2 aliphatic rings. The number of anilines is 1. The van der Waals surface area contributed by atoms with E-state index in [1.807, 2.05) is 26.0 Å². The first-order chi connectivity index (χ1) is 20.5. The molecule has 1 saturated carbocycles. The molecule has 2 fully saturated rings. The van der Waals surface area contributed by atoms with Gasteiger partial charge in [0.05, 0.1) is 36.0 Å². The highest BCUT2D eigenvalue weighted by Gasteiger charge is 2.50. The Kier molecular flexibility index (Phi) is 9.37. The third kappa shape index (κ3) is 6.85. The normalized spacial score (nSPS) is 21.6. The minimum Gasteiger partial charge on any atom is -0.481 e.